The lowest BCUT2D eigenvalue weighted by Gasteiger charge is -2.20. The van der Waals surface area contributed by atoms with Crippen LogP contribution in [0.3, 0.4) is 0 Å². The molecule has 1 aromatic rings. The number of esters is 2. The first-order valence-electron chi connectivity index (χ1n) is 9.62. The molecule has 2 aliphatic heterocycles. The molecule has 0 bridgehead atoms. The molecular weight excluding hydrogens is 380 g/mol. The fraction of sp³-hybridized carbons (Fsp3) is 0.650. The molecule has 3 heterocycles. The fourth-order valence-corrected chi connectivity index (χ4v) is 4.45. The Kier molecular flexibility index (Phi) is 6.09. The average molecular weight is 409 g/mol. The van der Waals surface area contributed by atoms with Gasteiger partial charge in [0.25, 0.3) is 0 Å². The second kappa shape index (κ2) is 8.21. The van der Waals surface area contributed by atoms with Crippen molar-refractivity contribution in [2.45, 2.75) is 51.7 Å². The lowest BCUT2D eigenvalue weighted by Crippen LogP contribution is -2.32. The van der Waals surface area contributed by atoms with Gasteiger partial charge in [0.15, 0.2) is 16.1 Å². The van der Waals surface area contributed by atoms with Crippen LogP contribution in [0.25, 0.3) is 0 Å². The number of aromatic nitrogens is 1. The minimum atomic E-state index is -1.26. The number of rotatable bonds is 9. The van der Waals surface area contributed by atoms with Gasteiger partial charge in [-0.3, -0.25) is 9.59 Å². The zero-order chi connectivity index (χ0) is 20.4. The predicted molar refractivity (Wildman–Crippen MR) is 106 cm³/mol. The van der Waals surface area contributed by atoms with Gasteiger partial charge in [0.1, 0.15) is 6.10 Å². The molecule has 1 spiro atoms. The first-order valence-corrected chi connectivity index (χ1v) is 10.5. The summed E-state index contributed by atoms with van der Waals surface area (Å²) in [6.45, 7) is 11.2. The number of ether oxygens (including phenoxy) is 3. The van der Waals surface area contributed by atoms with Crippen LogP contribution < -0.4 is 5.32 Å². The number of cyclic esters (lactones) is 2. The van der Waals surface area contributed by atoms with Crippen molar-refractivity contribution in [2.24, 2.45) is 11.3 Å². The quantitative estimate of drug-likeness (QED) is 0.290. The molecule has 3 atom stereocenters. The van der Waals surface area contributed by atoms with Crippen LogP contribution in [0.1, 0.15) is 45.7 Å². The highest BCUT2D eigenvalue weighted by atomic mass is 32.1. The summed E-state index contributed by atoms with van der Waals surface area (Å²) in [6.07, 6.45) is 2.77. The molecule has 0 saturated carbocycles. The Morgan fingerprint density at radius 1 is 1.46 bits per heavy atom. The van der Waals surface area contributed by atoms with Crippen LogP contribution in [0.2, 0.25) is 0 Å². The Balaban J connectivity index is 1.66. The third-order valence-corrected chi connectivity index (χ3v) is 5.98. The van der Waals surface area contributed by atoms with Gasteiger partial charge in [0, 0.05) is 31.4 Å². The number of hydrogen-bond acceptors (Lipinski definition) is 8. The summed E-state index contributed by atoms with van der Waals surface area (Å²) in [5, 5.41) is 5.69. The molecular formula is C20H28N2O5S. The van der Waals surface area contributed by atoms with Crippen molar-refractivity contribution in [3.05, 3.63) is 23.7 Å². The molecule has 7 nitrogen and oxygen atoms in total. The number of carbonyl (C=O) groups excluding carboxylic acids is 2. The minimum Gasteiger partial charge on any atom is -0.459 e. The first-order chi connectivity index (χ1) is 13.3. The normalized spacial score (nSPS) is 29.4. The molecule has 2 saturated heterocycles. The van der Waals surface area contributed by atoms with E-state index in [1.807, 2.05) is 5.38 Å². The Morgan fingerprint density at radius 3 is 2.96 bits per heavy atom. The summed E-state index contributed by atoms with van der Waals surface area (Å²) in [6, 6.07) is 0. The van der Waals surface area contributed by atoms with E-state index in [1.165, 1.54) is 11.3 Å². The van der Waals surface area contributed by atoms with Gasteiger partial charge >= 0.3 is 11.9 Å². The lowest BCUT2D eigenvalue weighted by atomic mass is 9.78. The van der Waals surface area contributed by atoms with Crippen LogP contribution in [-0.4, -0.2) is 42.8 Å². The number of anilines is 1. The number of carbonyl (C=O) groups is 2. The molecule has 1 N–H and O–H groups in total. The van der Waals surface area contributed by atoms with Crippen molar-refractivity contribution in [3.63, 3.8) is 0 Å². The lowest BCUT2D eigenvalue weighted by molar-refractivity contribution is -0.160. The topological polar surface area (TPSA) is 86.8 Å². The minimum absolute atomic E-state index is 0.227. The summed E-state index contributed by atoms with van der Waals surface area (Å²) < 4.78 is 16.8. The molecule has 2 aliphatic rings. The maximum atomic E-state index is 12.7. The highest BCUT2D eigenvalue weighted by molar-refractivity contribution is 7.13. The van der Waals surface area contributed by atoms with Crippen LogP contribution >= 0.6 is 11.3 Å². The van der Waals surface area contributed by atoms with Gasteiger partial charge in [-0.1, -0.05) is 19.9 Å². The van der Waals surface area contributed by atoms with E-state index in [2.05, 4.69) is 30.7 Å². The van der Waals surface area contributed by atoms with Crippen molar-refractivity contribution in [1.29, 1.82) is 0 Å². The van der Waals surface area contributed by atoms with E-state index < -0.39 is 29.1 Å². The Hall–Kier alpha value is -1.93. The van der Waals surface area contributed by atoms with Crippen LogP contribution in [0.5, 0.6) is 0 Å². The van der Waals surface area contributed by atoms with Crippen LogP contribution in [0, 0.1) is 11.3 Å². The molecule has 0 aliphatic carbocycles. The summed E-state index contributed by atoms with van der Waals surface area (Å²) in [5.41, 5.74) is -1.58. The van der Waals surface area contributed by atoms with E-state index in [-0.39, 0.29) is 12.8 Å². The van der Waals surface area contributed by atoms with Gasteiger partial charge in [-0.15, -0.1) is 17.9 Å². The van der Waals surface area contributed by atoms with Crippen molar-refractivity contribution >= 4 is 28.4 Å². The number of nitrogens with zero attached hydrogens (tertiary/aromatic N) is 1. The first kappa shape index (κ1) is 20.8. The van der Waals surface area contributed by atoms with Gasteiger partial charge in [-0.2, -0.15) is 0 Å². The summed E-state index contributed by atoms with van der Waals surface area (Å²) >= 11 is 1.43. The summed E-state index contributed by atoms with van der Waals surface area (Å²) in [7, 11) is 0. The zero-order valence-corrected chi connectivity index (χ0v) is 17.5. The number of hydrogen-bond donors (Lipinski definition) is 1. The molecule has 0 radical (unpaired) electrons. The van der Waals surface area contributed by atoms with E-state index in [4.69, 9.17) is 14.2 Å². The van der Waals surface area contributed by atoms with Crippen LogP contribution in [-0.2, 0) is 29.4 Å². The zero-order valence-electron chi connectivity index (χ0n) is 16.7. The van der Waals surface area contributed by atoms with Crippen molar-refractivity contribution < 1.29 is 23.8 Å². The molecule has 8 heteroatoms. The molecule has 154 valence electrons. The van der Waals surface area contributed by atoms with Gasteiger partial charge in [-0.05, 0) is 19.3 Å². The standard InChI is InChI=1S/C20H28N2O5S/c1-5-7-21-18-22-15(11-28-18)19(4)12-20(17(24)27-19)9-14(26-16(20)23)10-25-8-6-13(2)3/h5,11,13-14H,1,6-10,12H2,2-4H3,(H,21,22)/t14-,19-,20-/m0/s1. The third-order valence-electron chi connectivity index (χ3n) is 5.18. The van der Waals surface area contributed by atoms with Gasteiger partial charge in [0.2, 0.25) is 0 Å². The fourth-order valence-electron chi connectivity index (χ4n) is 3.60. The second-order valence-corrected chi connectivity index (χ2v) is 8.93. The molecule has 2 fully saturated rings. The monoisotopic (exact) mass is 408 g/mol. The largest absolute Gasteiger partial charge is 0.459 e. The SMILES string of the molecule is C=CCNc1nc([C@]2(C)C[C@]3(C[C@@H](COCCC(C)C)OC3=O)C(=O)O2)cs1. The Bertz CT molecular complexity index is 749. The Labute approximate surface area is 169 Å². The van der Waals surface area contributed by atoms with E-state index in [0.717, 1.165) is 11.6 Å². The highest BCUT2D eigenvalue weighted by Crippen LogP contribution is 2.52. The predicted octanol–water partition coefficient (Wildman–Crippen LogP) is 3.27. The Morgan fingerprint density at radius 2 is 2.25 bits per heavy atom. The van der Waals surface area contributed by atoms with Crippen LogP contribution in [0.15, 0.2) is 18.0 Å². The summed E-state index contributed by atoms with van der Waals surface area (Å²) in [5.74, 6) is -0.496. The smallest absolute Gasteiger partial charge is 0.324 e. The molecule has 3 rings (SSSR count). The number of thiazole rings is 1. The van der Waals surface area contributed by atoms with Gasteiger partial charge in [-0.25, -0.2) is 4.98 Å². The van der Waals surface area contributed by atoms with E-state index in [0.29, 0.717) is 31.4 Å². The average Bonchev–Trinajstić information content (AvgIpc) is 3.29. The van der Waals surface area contributed by atoms with Gasteiger partial charge in [0.05, 0.1) is 12.3 Å². The van der Waals surface area contributed by atoms with E-state index in [9.17, 15) is 9.59 Å². The van der Waals surface area contributed by atoms with E-state index >= 15 is 0 Å². The maximum absolute atomic E-state index is 12.7. The molecule has 1 aromatic heterocycles. The molecule has 0 unspecified atom stereocenters. The van der Waals surface area contributed by atoms with Crippen molar-refractivity contribution in [3.8, 4) is 0 Å². The van der Waals surface area contributed by atoms with Crippen molar-refractivity contribution in [1.82, 2.24) is 4.98 Å². The highest BCUT2D eigenvalue weighted by Gasteiger charge is 2.65. The van der Waals surface area contributed by atoms with Gasteiger partial charge < -0.3 is 19.5 Å². The van der Waals surface area contributed by atoms with E-state index in [1.54, 1.807) is 13.0 Å². The molecule has 0 aromatic carbocycles. The number of nitrogens with one attached hydrogen (secondary N) is 1. The second-order valence-electron chi connectivity index (χ2n) is 8.08. The molecule has 28 heavy (non-hydrogen) atoms. The van der Waals surface area contributed by atoms with Crippen molar-refractivity contribution in [2.75, 3.05) is 25.1 Å². The maximum Gasteiger partial charge on any atom is 0.324 e. The third kappa shape index (κ3) is 4.07. The van der Waals surface area contributed by atoms with Crippen LogP contribution in [0.4, 0.5) is 5.13 Å². The molecule has 0 amide bonds. The summed E-state index contributed by atoms with van der Waals surface area (Å²) in [4.78, 5) is 29.8.